The topological polar surface area (TPSA) is 103 Å². The van der Waals surface area contributed by atoms with Crippen molar-refractivity contribution in [3.8, 4) is 17.1 Å². The first-order valence-corrected chi connectivity index (χ1v) is 5.35. The standard InChI is InChI=1S/C11H11N5O3/c1-12-11-10(16(17)18)9(14-6-15-11)7-3-4-13-8(5-7)19-2/h3-6H,1-2H3,(H,12,14,15). The van der Waals surface area contributed by atoms with Crippen LogP contribution >= 0.6 is 0 Å². The van der Waals surface area contributed by atoms with Gasteiger partial charge in [-0.1, -0.05) is 0 Å². The molecule has 2 aromatic rings. The maximum absolute atomic E-state index is 11.2. The van der Waals surface area contributed by atoms with Crippen molar-refractivity contribution in [3.63, 3.8) is 0 Å². The quantitative estimate of drug-likeness (QED) is 0.656. The van der Waals surface area contributed by atoms with E-state index >= 15 is 0 Å². The minimum Gasteiger partial charge on any atom is -0.481 e. The molecule has 0 aliphatic rings. The van der Waals surface area contributed by atoms with Crippen molar-refractivity contribution in [2.24, 2.45) is 0 Å². The Morgan fingerprint density at radius 3 is 2.79 bits per heavy atom. The van der Waals surface area contributed by atoms with Crippen LogP contribution in [0, 0.1) is 10.1 Å². The van der Waals surface area contributed by atoms with Crippen molar-refractivity contribution in [1.29, 1.82) is 0 Å². The number of aromatic nitrogens is 3. The molecule has 2 rings (SSSR count). The van der Waals surface area contributed by atoms with E-state index in [2.05, 4.69) is 20.3 Å². The van der Waals surface area contributed by atoms with E-state index in [0.717, 1.165) is 0 Å². The zero-order valence-electron chi connectivity index (χ0n) is 10.3. The molecule has 0 bridgehead atoms. The Hall–Kier alpha value is -2.77. The van der Waals surface area contributed by atoms with Crippen LogP contribution in [0.3, 0.4) is 0 Å². The Morgan fingerprint density at radius 2 is 2.16 bits per heavy atom. The number of methoxy groups -OCH3 is 1. The fourth-order valence-corrected chi connectivity index (χ4v) is 1.61. The Morgan fingerprint density at radius 1 is 1.37 bits per heavy atom. The third-order valence-electron chi connectivity index (χ3n) is 2.46. The molecule has 98 valence electrons. The van der Waals surface area contributed by atoms with Gasteiger partial charge in [0.1, 0.15) is 6.33 Å². The summed E-state index contributed by atoms with van der Waals surface area (Å²) >= 11 is 0. The van der Waals surface area contributed by atoms with Crippen molar-refractivity contribution in [2.75, 3.05) is 19.5 Å². The highest BCUT2D eigenvalue weighted by Gasteiger charge is 2.23. The Bertz CT molecular complexity index is 617. The highest BCUT2D eigenvalue weighted by atomic mass is 16.6. The lowest BCUT2D eigenvalue weighted by Crippen LogP contribution is -2.03. The van der Waals surface area contributed by atoms with Crippen LogP contribution in [0.2, 0.25) is 0 Å². The van der Waals surface area contributed by atoms with E-state index in [4.69, 9.17) is 4.74 Å². The minimum atomic E-state index is -0.520. The molecule has 2 heterocycles. The molecular weight excluding hydrogens is 250 g/mol. The molecule has 0 fully saturated rings. The molecule has 2 aromatic heterocycles. The number of nitrogens with one attached hydrogen (secondary N) is 1. The van der Waals surface area contributed by atoms with Crippen LogP contribution in [-0.4, -0.2) is 34.0 Å². The second kappa shape index (κ2) is 5.25. The zero-order valence-corrected chi connectivity index (χ0v) is 10.3. The first-order valence-electron chi connectivity index (χ1n) is 5.35. The number of hydrogen-bond acceptors (Lipinski definition) is 7. The van der Waals surface area contributed by atoms with Crippen LogP contribution in [0.25, 0.3) is 11.3 Å². The van der Waals surface area contributed by atoms with Gasteiger partial charge in [-0.2, -0.15) is 0 Å². The number of hydrogen-bond donors (Lipinski definition) is 1. The molecule has 8 nitrogen and oxygen atoms in total. The number of rotatable bonds is 4. The van der Waals surface area contributed by atoms with Gasteiger partial charge >= 0.3 is 5.69 Å². The smallest absolute Gasteiger partial charge is 0.337 e. The van der Waals surface area contributed by atoms with Crippen LogP contribution in [-0.2, 0) is 0 Å². The molecule has 0 unspecified atom stereocenters. The van der Waals surface area contributed by atoms with Crippen LogP contribution in [0.5, 0.6) is 5.88 Å². The summed E-state index contributed by atoms with van der Waals surface area (Å²) in [6.45, 7) is 0. The van der Waals surface area contributed by atoms with E-state index in [-0.39, 0.29) is 17.2 Å². The van der Waals surface area contributed by atoms with Gasteiger partial charge in [0.05, 0.1) is 12.0 Å². The largest absolute Gasteiger partial charge is 0.481 e. The average Bonchev–Trinajstić information content (AvgIpc) is 2.46. The molecular formula is C11H11N5O3. The van der Waals surface area contributed by atoms with Gasteiger partial charge in [0.15, 0.2) is 5.69 Å². The third kappa shape index (κ3) is 2.41. The number of nitrogens with zero attached hydrogens (tertiary/aromatic N) is 4. The summed E-state index contributed by atoms with van der Waals surface area (Å²) in [6, 6.07) is 3.20. The summed E-state index contributed by atoms with van der Waals surface area (Å²) in [5.41, 5.74) is 0.570. The van der Waals surface area contributed by atoms with Gasteiger partial charge < -0.3 is 10.1 Å². The second-order valence-corrected chi connectivity index (χ2v) is 3.51. The number of anilines is 1. The van der Waals surface area contributed by atoms with Crippen molar-refractivity contribution in [1.82, 2.24) is 15.0 Å². The van der Waals surface area contributed by atoms with Gasteiger partial charge in [0.2, 0.25) is 11.7 Å². The molecule has 1 N–H and O–H groups in total. The molecule has 0 spiro atoms. The number of nitro groups is 1. The Balaban J connectivity index is 2.64. The highest BCUT2D eigenvalue weighted by molar-refractivity contribution is 5.76. The summed E-state index contributed by atoms with van der Waals surface area (Å²) in [4.78, 5) is 22.4. The van der Waals surface area contributed by atoms with Gasteiger partial charge in [-0.3, -0.25) is 10.1 Å². The second-order valence-electron chi connectivity index (χ2n) is 3.51. The van der Waals surface area contributed by atoms with Gasteiger partial charge in [0, 0.05) is 24.9 Å². The molecule has 0 saturated carbocycles. The monoisotopic (exact) mass is 261 g/mol. The number of pyridine rings is 1. The van der Waals surface area contributed by atoms with Gasteiger partial charge in [-0.15, -0.1) is 0 Å². The lowest BCUT2D eigenvalue weighted by Gasteiger charge is -2.06. The van der Waals surface area contributed by atoms with Gasteiger partial charge in [0.25, 0.3) is 0 Å². The van der Waals surface area contributed by atoms with Crippen molar-refractivity contribution in [3.05, 3.63) is 34.8 Å². The normalized spacial score (nSPS) is 10.0. The molecule has 0 aromatic carbocycles. The van der Waals surface area contributed by atoms with Crippen LogP contribution < -0.4 is 10.1 Å². The lowest BCUT2D eigenvalue weighted by molar-refractivity contribution is -0.383. The molecule has 0 radical (unpaired) electrons. The molecule has 0 amide bonds. The maximum atomic E-state index is 11.2. The van der Waals surface area contributed by atoms with Crippen LogP contribution in [0.1, 0.15) is 0 Å². The van der Waals surface area contributed by atoms with Crippen molar-refractivity contribution in [2.45, 2.75) is 0 Å². The number of ether oxygens (including phenoxy) is 1. The summed E-state index contributed by atoms with van der Waals surface area (Å²) < 4.78 is 4.99. The predicted molar refractivity (Wildman–Crippen MR) is 68.0 cm³/mol. The van der Waals surface area contributed by atoms with E-state index in [1.165, 1.54) is 19.6 Å². The summed E-state index contributed by atoms with van der Waals surface area (Å²) in [7, 11) is 3.03. The fourth-order valence-electron chi connectivity index (χ4n) is 1.61. The van der Waals surface area contributed by atoms with Crippen LogP contribution in [0.15, 0.2) is 24.7 Å². The Labute approximate surface area is 108 Å². The van der Waals surface area contributed by atoms with E-state index in [1.807, 2.05) is 0 Å². The van der Waals surface area contributed by atoms with Crippen LogP contribution in [0.4, 0.5) is 11.5 Å². The summed E-state index contributed by atoms with van der Waals surface area (Å²) in [5.74, 6) is 0.516. The van der Waals surface area contributed by atoms with Crippen molar-refractivity contribution >= 4 is 11.5 Å². The fraction of sp³-hybridized carbons (Fsp3) is 0.182. The maximum Gasteiger partial charge on any atom is 0.337 e. The average molecular weight is 261 g/mol. The SMILES string of the molecule is CNc1ncnc(-c2ccnc(OC)c2)c1[N+](=O)[O-]. The zero-order chi connectivity index (χ0) is 13.8. The van der Waals surface area contributed by atoms with Gasteiger partial charge in [-0.05, 0) is 6.07 Å². The molecule has 0 aliphatic heterocycles. The van der Waals surface area contributed by atoms with E-state index in [9.17, 15) is 10.1 Å². The molecule has 0 aliphatic carbocycles. The Kier molecular flexibility index (Phi) is 3.51. The highest BCUT2D eigenvalue weighted by Crippen LogP contribution is 2.33. The molecule has 8 heteroatoms. The molecule has 0 atom stereocenters. The van der Waals surface area contributed by atoms with E-state index in [0.29, 0.717) is 11.4 Å². The molecule has 0 saturated heterocycles. The minimum absolute atomic E-state index is 0.158. The van der Waals surface area contributed by atoms with Crippen molar-refractivity contribution < 1.29 is 9.66 Å². The first-order chi connectivity index (χ1) is 9.17. The van der Waals surface area contributed by atoms with E-state index in [1.54, 1.807) is 19.2 Å². The van der Waals surface area contributed by atoms with E-state index < -0.39 is 4.92 Å². The predicted octanol–water partition coefficient (Wildman–Crippen LogP) is 1.50. The summed E-state index contributed by atoms with van der Waals surface area (Å²) in [5, 5.41) is 13.8. The molecule has 19 heavy (non-hydrogen) atoms. The first kappa shape index (κ1) is 12.7. The summed E-state index contributed by atoms with van der Waals surface area (Å²) in [6.07, 6.45) is 2.76. The van der Waals surface area contributed by atoms with Gasteiger partial charge in [-0.25, -0.2) is 15.0 Å². The lowest BCUT2D eigenvalue weighted by atomic mass is 10.1. The third-order valence-corrected chi connectivity index (χ3v) is 2.46.